The summed E-state index contributed by atoms with van der Waals surface area (Å²) in [5, 5.41) is 3.90. The van der Waals surface area contributed by atoms with Gasteiger partial charge in [0.25, 0.3) is 0 Å². The first kappa shape index (κ1) is 14.5. The van der Waals surface area contributed by atoms with Crippen LogP contribution in [0.1, 0.15) is 24.8 Å². The van der Waals surface area contributed by atoms with Crippen molar-refractivity contribution in [2.75, 3.05) is 7.05 Å². The van der Waals surface area contributed by atoms with Gasteiger partial charge in [0.05, 0.1) is 11.8 Å². The van der Waals surface area contributed by atoms with Gasteiger partial charge in [-0.3, -0.25) is 9.36 Å². The molecular weight excluding hydrogens is 318 g/mol. The Kier molecular flexibility index (Phi) is 3.28. The predicted molar refractivity (Wildman–Crippen MR) is 86.3 cm³/mol. The molecule has 1 saturated heterocycles. The third-order valence-corrected chi connectivity index (χ3v) is 4.52. The van der Waals surface area contributed by atoms with E-state index in [0.29, 0.717) is 17.2 Å². The number of nitrogens with zero attached hydrogens (tertiary/aromatic N) is 3. The van der Waals surface area contributed by atoms with E-state index in [9.17, 15) is 4.79 Å². The van der Waals surface area contributed by atoms with Crippen molar-refractivity contribution in [3.8, 4) is 0 Å². The van der Waals surface area contributed by atoms with Crippen LogP contribution in [0.25, 0.3) is 22.1 Å². The molecule has 1 aliphatic rings. The number of H-pyrrole nitrogens is 1. The number of ether oxygens (including phenoxy) is 1. The van der Waals surface area contributed by atoms with Gasteiger partial charge < -0.3 is 15.0 Å². The molecule has 2 N–H and O–H groups in total. The highest BCUT2D eigenvalue weighted by atomic mass is 35.5. The van der Waals surface area contributed by atoms with Crippen LogP contribution < -0.4 is 5.32 Å². The second kappa shape index (κ2) is 5.21. The number of carbonyl (C=O) groups excluding carboxylic acids is 1. The Bertz CT molecular complexity index is 916. The number of aromatic nitrogens is 4. The van der Waals surface area contributed by atoms with Crippen molar-refractivity contribution in [3.05, 3.63) is 23.2 Å². The molecule has 3 aromatic heterocycles. The van der Waals surface area contributed by atoms with Crippen molar-refractivity contribution in [1.82, 2.24) is 24.8 Å². The summed E-state index contributed by atoms with van der Waals surface area (Å²) >= 11 is 6.31. The van der Waals surface area contributed by atoms with Crippen LogP contribution in [-0.4, -0.2) is 38.6 Å². The summed E-state index contributed by atoms with van der Waals surface area (Å²) in [6.45, 7) is 1.97. The molecule has 0 bridgehead atoms. The Balaban J connectivity index is 1.79. The van der Waals surface area contributed by atoms with Gasteiger partial charge in [0.2, 0.25) is 5.91 Å². The maximum atomic E-state index is 11.7. The fraction of sp³-hybridized carbons (Fsp3) is 0.400. The first-order valence-electron chi connectivity index (χ1n) is 7.47. The maximum Gasteiger partial charge on any atom is 0.248 e. The monoisotopic (exact) mass is 333 g/mol. The number of likely N-dealkylation sites (N-methyl/N-ethyl adjacent to an activating group) is 1. The molecule has 0 aliphatic carbocycles. The molecule has 3 aromatic rings. The number of halogens is 1. The van der Waals surface area contributed by atoms with Crippen molar-refractivity contribution in [1.29, 1.82) is 0 Å². The van der Waals surface area contributed by atoms with E-state index < -0.39 is 6.10 Å². The first-order valence-corrected chi connectivity index (χ1v) is 7.84. The minimum atomic E-state index is -0.436. The van der Waals surface area contributed by atoms with Crippen LogP contribution in [0.5, 0.6) is 0 Å². The van der Waals surface area contributed by atoms with E-state index in [1.165, 1.54) is 0 Å². The molecule has 0 saturated carbocycles. The smallest absolute Gasteiger partial charge is 0.248 e. The number of fused-ring (bicyclic) bond motifs is 3. The molecule has 0 radical (unpaired) electrons. The highest BCUT2D eigenvalue weighted by Crippen LogP contribution is 2.34. The lowest BCUT2D eigenvalue weighted by Crippen LogP contribution is -2.31. The lowest BCUT2D eigenvalue weighted by Gasteiger charge is -2.14. The first-order chi connectivity index (χ1) is 11.1. The minimum Gasteiger partial charge on any atom is -0.357 e. The van der Waals surface area contributed by atoms with Crippen molar-refractivity contribution in [3.63, 3.8) is 0 Å². The number of nitrogens with one attached hydrogen (secondary N) is 2. The Morgan fingerprint density at radius 1 is 1.52 bits per heavy atom. The van der Waals surface area contributed by atoms with Crippen molar-refractivity contribution >= 4 is 39.6 Å². The minimum absolute atomic E-state index is 0.106. The number of aromatic amines is 1. The average molecular weight is 334 g/mol. The maximum absolute atomic E-state index is 11.7. The molecule has 1 aliphatic heterocycles. The van der Waals surface area contributed by atoms with Gasteiger partial charge in [-0.2, -0.15) is 0 Å². The van der Waals surface area contributed by atoms with Crippen LogP contribution in [-0.2, 0) is 9.53 Å². The molecule has 1 amide bonds. The van der Waals surface area contributed by atoms with E-state index in [1.807, 2.05) is 17.6 Å². The largest absolute Gasteiger partial charge is 0.357 e. The molecule has 23 heavy (non-hydrogen) atoms. The Morgan fingerprint density at radius 3 is 3.13 bits per heavy atom. The van der Waals surface area contributed by atoms with Gasteiger partial charge in [-0.15, -0.1) is 0 Å². The number of carbonyl (C=O) groups is 1. The summed E-state index contributed by atoms with van der Waals surface area (Å²) in [6, 6.07) is 1.96. The molecule has 2 atom stereocenters. The third-order valence-electron chi connectivity index (χ3n) is 4.23. The number of amides is 1. The average Bonchev–Trinajstić information content (AvgIpc) is 3.22. The molecule has 7 nitrogen and oxygen atoms in total. The molecule has 0 spiro atoms. The van der Waals surface area contributed by atoms with Gasteiger partial charge in [0.15, 0.2) is 5.65 Å². The molecular formula is C15H16ClN5O2. The molecule has 120 valence electrons. The van der Waals surface area contributed by atoms with Gasteiger partial charge in [0, 0.05) is 18.1 Å². The summed E-state index contributed by atoms with van der Waals surface area (Å²) < 4.78 is 7.69. The molecule has 1 fully saturated rings. The highest BCUT2D eigenvalue weighted by molar-refractivity contribution is 6.35. The number of imidazole rings is 1. The second-order valence-electron chi connectivity index (χ2n) is 5.74. The normalized spacial score (nSPS) is 21.3. The van der Waals surface area contributed by atoms with Crippen LogP contribution in [0.2, 0.25) is 5.15 Å². The zero-order valence-electron chi connectivity index (χ0n) is 12.8. The lowest BCUT2D eigenvalue weighted by molar-refractivity contribution is -0.133. The molecule has 4 rings (SSSR count). The van der Waals surface area contributed by atoms with E-state index in [-0.39, 0.29) is 12.1 Å². The zero-order valence-corrected chi connectivity index (χ0v) is 13.5. The topological polar surface area (TPSA) is 84.8 Å². The molecule has 8 heteroatoms. The quantitative estimate of drug-likeness (QED) is 0.705. The highest BCUT2D eigenvalue weighted by Gasteiger charge is 2.32. The van der Waals surface area contributed by atoms with Gasteiger partial charge >= 0.3 is 0 Å². The van der Waals surface area contributed by atoms with Gasteiger partial charge in [-0.25, -0.2) is 9.97 Å². The Labute approximate surface area is 137 Å². The lowest BCUT2D eigenvalue weighted by atomic mass is 10.2. The van der Waals surface area contributed by atoms with Crippen LogP contribution in [0.4, 0.5) is 0 Å². The van der Waals surface area contributed by atoms with Gasteiger partial charge in [-0.05, 0) is 25.8 Å². The second-order valence-corrected chi connectivity index (χ2v) is 6.10. The Hall–Kier alpha value is -2.12. The van der Waals surface area contributed by atoms with Crippen molar-refractivity contribution in [2.45, 2.75) is 32.1 Å². The van der Waals surface area contributed by atoms with E-state index in [2.05, 4.69) is 20.3 Å². The van der Waals surface area contributed by atoms with Crippen LogP contribution in [0, 0.1) is 6.92 Å². The van der Waals surface area contributed by atoms with Gasteiger partial charge in [-0.1, -0.05) is 11.6 Å². The number of hydrogen-bond donors (Lipinski definition) is 2. The van der Waals surface area contributed by atoms with Gasteiger partial charge in [0.1, 0.15) is 23.0 Å². The van der Waals surface area contributed by atoms with Crippen LogP contribution >= 0.6 is 11.6 Å². The van der Waals surface area contributed by atoms with E-state index in [4.69, 9.17) is 16.3 Å². The zero-order chi connectivity index (χ0) is 16.1. The number of pyridine rings is 1. The Morgan fingerprint density at radius 2 is 2.35 bits per heavy atom. The van der Waals surface area contributed by atoms with Crippen LogP contribution in [0.15, 0.2) is 12.4 Å². The predicted octanol–water partition coefficient (Wildman–Crippen LogP) is 2.30. The summed E-state index contributed by atoms with van der Waals surface area (Å²) in [4.78, 5) is 23.9. The standard InChI is InChI=1S/C15H16ClN5O2/c1-7-5-8-11(19-7)12-14(20-13(8)16)21(6-18-12)10-4-3-9(23-10)15(22)17-2/h5-6,9-10,19H,3-4H2,1-2H3,(H,17,22)/t9-,10?/m0/s1. The molecule has 0 aromatic carbocycles. The third kappa shape index (κ3) is 2.19. The SMILES string of the molecule is CNC(=O)[C@@H]1CCC(n2cnc3c4[nH]c(C)cc4c(Cl)nc32)O1. The number of rotatable bonds is 2. The van der Waals surface area contributed by atoms with E-state index >= 15 is 0 Å². The fourth-order valence-electron chi connectivity index (χ4n) is 3.12. The molecule has 1 unspecified atom stereocenters. The van der Waals surface area contributed by atoms with E-state index in [0.717, 1.165) is 28.5 Å². The molecule has 4 heterocycles. The fourth-order valence-corrected chi connectivity index (χ4v) is 3.35. The summed E-state index contributed by atoms with van der Waals surface area (Å²) in [7, 11) is 1.61. The summed E-state index contributed by atoms with van der Waals surface area (Å²) in [5.41, 5.74) is 3.29. The van der Waals surface area contributed by atoms with Crippen molar-refractivity contribution in [2.24, 2.45) is 0 Å². The summed E-state index contributed by atoms with van der Waals surface area (Å²) in [5.74, 6) is -0.106. The van der Waals surface area contributed by atoms with Crippen molar-refractivity contribution < 1.29 is 9.53 Å². The van der Waals surface area contributed by atoms with E-state index in [1.54, 1.807) is 13.4 Å². The number of hydrogen-bond acceptors (Lipinski definition) is 4. The summed E-state index contributed by atoms with van der Waals surface area (Å²) in [6.07, 6.45) is 2.39. The van der Waals surface area contributed by atoms with Crippen LogP contribution in [0.3, 0.4) is 0 Å². The number of aryl methyl sites for hydroxylation is 1.